The van der Waals surface area contributed by atoms with Crippen molar-refractivity contribution in [2.45, 2.75) is 30.6 Å². The van der Waals surface area contributed by atoms with Gasteiger partial charge in [0.15, 0.2) is 0 Å². The Labute approximate surface area is 186 Å². The number of nitrogen functional groups attached to an aromatic ring is 1. The van der Waals surface area contributed by atoms with E-state index < -0.39 is 10.7 Å². The number of aromatic nitrogens is 6. The summed E-state index contributed by atoms with van der Waals surface area (Å²) in [4.78, 5) is 21.5. The van der Waals surface area contributed by atoms with Crippen molar-refractivity contribution in [3.63, 3.8) is 0 Å². The van der Waals surface area contributed by atoms with Gasteiger partial charge in [-0.05, 0) is 43.0 Å². The average molecular weight is 448 g/mol. The van der Waals surface area contributed by atoms with Crippen LogP contribution in [-0.2, 0) is 22.0 Å². The molecule has 1 saturated carbocycles. The first-order valence-corrected chi connectivity index (χ1v) is 11.6. The van der Waals surface area contributed by atoms with Crippen molar-refractivity contribution < 1.29 is 8.42 Å². The Kier molecular flexibility index (Phi) is 5.14. The Balaban J connectivity index is 1.41. The SMILES string of the molecule is Nc1ncc(-c2ccc(C3(n4cnc(-c5ccc(C[SH](=O)=O)nc5)c4)CCC3)cn2)cn1. The van der Waals surface area contributed by atoms with E-state index in [1.165, 1.54) is 0 Å². The molecule has 32 heavy (non-hydrogen) atoms. The third-order valence-electron chi connectivity index (χ3n) is 5.94. The summed E-state index contributed by atoms with van der Waals surface area (Å²) in [5, 5.41) is 0. The number of rotatable bonds is 6. The van der Waals surface area contributed by atoms with E-state index in [1.54, 1.807) is 24.7 Å². The summed E-state index contributed by atoms with van der Waals surface area (Å²) in [6.45, 7) is 0. The summed E-state index contributed by atoms with van der Waals surface area (Å²) in [5.41, 5.74) is 10.3. The minimum absolute atomic E-state index is 0.0569. The summed E-state index contributed by atoms with van der Waals surface area (Å²) in [7, 11) is -2.49. The normalized spacial score (nSPS) is 14.9. The molecule has 0 atom stereocenters. The number of anilines is 1. The number of nitrogens with two attached hydrogens (primary N) is 1. The third-order valence-corrected chi connectivity index (χ3v) is 6.52. The highest BCUT2D eigenvalue weighted by Gasteiger charge is 2.40. The van der Waals surface area contributed by atoms with Crippen LogP contribution in [0.15, 0.2) is 61.6 Å². The maximum absolute atomic E-state index is 10.9. The predicted octanol–water partition coefficient (Wildman–Crippen LogP) is 2.42. The topological polar surface area (TPSA) is 130 Å². The lowest BCUT2D eigenvalue weighted by Crippen LogP contribution is -2.41. The maximum Gasteiger partial charge on any atom is 0.219 e. The summed E-state index contributed by atoms with van der Waals surface area (Å²) in [6, 6.07) is 7.65. The van der Waals surface area contributed by atoms with Gasteiger partial charge < -0.3 is 10.3 Å². The van der Waals surface area contributed by atoms with E-state index in [-0.39, 0.29) is 17.2 Å². The van der Waals surface area contributed by atoms with Crippen LogP contribution >= 0.6 is 0 Å². The maximum atomic E-state index is 10.9. The van der Waals surface area contributed by atoms with Crippen molar-refractivity contribution in [2.24, 2.45) is 0 Å². The van der Waals surface area contributed by atoms with Gasteiger partial charge in [0.25, 0.3) is 0 Å². The standard InChI is InChI=1S/C22H21N7O2S/c23-21-26-9-16(10-27-21)19-5-3-17(11-25-19)22(6-1-7-22)29-12-20(28-14-29)15-2-4-18(24-8-15)13-32(30)31/h2-5,8-12,14,32H,1,6-7,13H2,(H2,23,26,27). The fourth-order valence-electron chi connectivity index (χ4n) is 4.03. The van der Waals surface area contributed by atoms with Crippen molar-refractivity contribution in [1.82, 2.24) is 29.5 Å². The Morgan fingerprint density at radius 3 is 2.25 bits per heavy atom. The van der Waals surface area contributed by atoms with Crippen LogP contribution in [-0.4, -0.2) is 37.9 Å². The lowest BCUT2D eigenvalue weighted by Gasteiger charge is -2.43. The van der Waals surface area contributed by atoms with Gasteiger partial charge >= 0.3 is 0 Å². The molecule has 0 aromatic carbocycles. The third kappa shape index (κ3) is 3.73. The first-order valence-electron chi connectivity index (χ1n) is 10.2. The summed E-state index contributed by atoms with van der Waals surface area (Å²) < 4.78 is 23.9. The second kappa shape index (κ2) is 8.12. The number of hydrogen-bond acceptors (Lipinski definition) is 8. The predicted molar refractivity (Wildman–Crippen MR) is 120 cm³/mol. The molecule has 4 heterocycles. The molecule has 0 amide bonds. The molecule has 0 spiro atoms. The monoisotopic (exact) mass is 447 g/mol. The lowest BCUT2D eigenvalue weighted by atomic mass is 9.72. The van der Waals surface area contributed by atoms with Crippen LogP contribution in [0.1, 0.15) is 30.5 Å². The van der Waals surface area contributed by atoms with Crippen molar-refractivity contribution in [2.75, 3.05) is 5.73 Å². The summed E-state index contributed by atoms with van der Waals surface area (Å²) in [6.07, 6.45) is 13.9. The summed E-state index contributed by atoms with van der Waals surface area (Å²) in [5.74, 6) is 0.180. The van der Waals surface area contributed by atoms with Gasteiger partial charge in [-0.1, -0.05) is 6.07 Å². The van der Waals surface area contributed by atoms with Gasteiger partial charge in [0.05, 0.1) is 34.7 Å². The number of thiol groups is 1. The van der Waals surface area contributed by atoms with Gasteiger partial charge in [0.2, 0.25) is 5.95 Å². The molecule has 5 rings (SSSR count). The van der Waals surface area contributed by atoms with Crippen LogP contribution in [0, 0.1) is 0 Å². The number of hydrogen-bond donors (Lipinski definition) is 2. The first kappa shape index (κ1) is 20.3. The fraction of sp³-hybridized carbons (Fsp3) is 0.227. The molecule has 9 nitrogen and oxygen atoms in total. The van der Waals surface area contributed by atoms with Crippen LogP contribution in [0.3, 0.4) is 0 Å². The number of nitrogens with zero attached hydrogens (tertiary/aromatic N) is 6. The minimum Gasteiger partial charge on any atom is -0.368 e. The van der Waals surface area contributed by atoms with Crippen LogP contribution < -0.4 is 5.73 Å². The van der Waals surface area contributed by atoms with E-state index in [0.717, 1.165) is 47.3 Å². The van der Waals surface area contributed by atoms with Gasteiger partial charge in [-0.15, -0.1) is 0 Å². The highest BCUT2D eigenvalue weighted by atomic mass is 32.2. The molecular weight excluding hydrogens is 426 g/mol. The summed E-state index contributed by atoms with van der Waals surface area (Å²) >= 11 is 0. The quantitative estimate of drug-likeness (QED) is 0.431. The lowest BCUT2D eigenvalue weighted by molar-refractivity contribution is 0.196. The minimum atomic E-state index is -2.49. The van der Waals surface area contributed by atoms with Crippen LogP contribution in [0.5, 0.6) is 0 Å². The molecule has 1 aliphatic carbocycles. The molecule has 0 saturated heterocycles. The molecule has 162 valence electrons. The number of pyridine rings is 2. The Bertz CT molecular complexity index is 1300. The fourth-order valence-corrected chi connectivity index (χ4v) is 4.48. The molecule has 4 aromatic rings. The molecule has 1 fully saturated rings. The first-order chi connectivity index (χ1) is 15.5. The van der Waals surface area contributed by atoms with Crippen LogP contribution in [0.4, 0.5) is 5.95 Å². The second-order valence-corrected chi connectivity index (χ2v) is 8.82. The second-order valence-electron chi connectivity index (χ2n) is 7.84. The van der Waals surface area contributed by atoms with E-state index in [4.69, 9.17) is 5.73 Å². The Hall–Kier alpha value is -3.66. The van der Waals surface area contributed by atoms with E-state index in [9.17, 15) is 8.42 Å². The largest absolute Gasteiger partial charge is 0.368 e. The van der Waals surface area contributed by atoms with Gasteiger partial charge in [0.1, 0.15) is 10.7 Å². The van der Waals surface area contributed by atoms with Gasteiger partial charge in [-0.2, -0.15) is 0 Å². The molecule has 1 aliphatic rings. The average Bonchev–Trinajstić information content (AvgIpc) is 3.24. The smallest absolute Gasteiger partial charge is 0.219 e. The van der Waals surface area contributed by atoms with Crippen molar-refractivity contribution in [3.05, 3.63) is 72.8 Å². The highest BCUT2D eigenvalue weighted by molar-refractivity contribution is 7.71. The zero-order valence-corrected chi connectivity index (χ0v) is 18.0. The van der Waals surface area contributed by atoms with Crippen LogP contribution in [0.25, 0.3) is 22.5 Å². The van der Waals surface area contributed by atoms with E-state index in [0.29, 0.717) is 5.69 Å². The molecular formula is C22H21N7O2S. The Morgan fingerprint density at radius 1 is 0.875 bits per heavy atom. The molecule has 0 bridgehead atoms. The molecule has 0 unspecified atom stereocenters. The van der Waals surface area contributed by atoms with E-state index >= 15 is 0 Å². The van der Waals surface area contributed by atoms with Gasteiger partial charge in [-0.25, -0.2) is 23.4 Å². The van der Waals surface area contributed by atoms with Gasteiger partial charge in [0, 0.05) is 42.1 Å². The Morgan fingerprint density at radius 2 is 1.66 bits per heavy atom. The van der Waals surface area contributed by atoms with E-state index in [2.05, 4.69) is 35.6 Å². The zero-order valence-electron chi connectivity index (χ0n) is 17.1. The van der Waals surface area contributed by atoms with Gasteiger partial charge in [-0.3, -0.25) is 9.97 Å². The van der Waals surface area contributed by atoms with Crippen LogP contribution in [0.2, 0.25) is 0 Å². The van der Waals surface area contributed by atoms with Crippen molar-refractivity contribution in [1.29, 1.82) is 0 Å². The molecule has 0 aliphatic heterocycles. The molecule has 0 radical (unpaired) electrons. The zero-order chi connectivity index (χ0) is 22.1. The molecule has 10 heteroatoms. The number of imidazole rings is 1. The molecule has 2 N–H and O–H groups in total. The highest BCUT2D eigenvalue weighted by Crippen LogP contribution is 2.45. The molecule has 4 aromatic heterocycles. The van der Waals surface area contributed by atoms with Crippen molar-refractivity contribution >= 4 is 16.7 Å². The van der Waals surface area contributed by atoms with E-state index in [1.807, 2.05) is 30.9 Å². The van der Waals surface area contributed by atoms with Crippen molar-refractivity contribution in [3.8, 4) is 22.5 Å².